The standard InChI is InChI=1S/C14H10ClNOS/c1-17-10-4-2-5-11(8-10)18-14-7-3-6-13(15)12(14)9-16/h2-8H,1H3. The van der Waals surface area contributed by atoms with Gasteiger partial charge in [0.2, 0.25) is 0 Å². The van der Waals surface area contributed by atoms with Crippen LogP contribution in [-0.2, 0) is 0 Å². The molecular formula is C14H10ClNOS. The lowest BCUT2D eigenvalue weighted by Gasteiger charge is -2.06. The van der Waals surface area contributed by atoms with Crippen LogP contribution in [0.1, 0.15) is 5.56 Å². The van der Waals surface area contributed by atoms with Crippen LogP contribution in [-0.4, -0.2) is 7.11 Å². The first-order valence-electron chi connectivity index (χ1n) is 5.25. The van der Waals surface area contributed by atoms with Crippen molar-refractivity contribution in [3.05, 3.63) is 53.1 Å². The van der Waals surface area contributed by atoms with E-state index in [1.807, 2.05) is 36.4 Å². The predicted octanol–water partition coefficient (Wildman–Crippen LogP) is 4.37. The third-order valence-electron chi connectivity index (χ3n) is 2.36. The molecule has 0 aliphatic heterocycles. The second kappa shape index (κ2) is 5.81. The molecule has 0 atom stereocenters. The number of rotatable bonds is 3. The highest BCUT2D eigenvalue weighted by molar-refractivity contribution is 7.99. The van der Waals surface area contributed by atoms with Gasteiger partial charge in [0.15, 0.2) is 0 Å². The molecule has 0 radical (unpaired) electrons. The molecule has 2 rings (SSSR count). The molecule has 0 saturated heterocycles. The Morgan fingerprint density at radius 2 is 2.00 bits per heavy atom. The van der Waals surface area contributed by atoms with Crippen molar-refractivity contribution < 1.29 is 4.74 Å². The maximum atomic E-state index is 9.11. The van der Waals surface area contributed by atoms with Gasteiger partial charge in [0, 0.05) is 9.79 Å². The maximum Gasteiger partial charge on any atom is 0.119 e. The van der Waals surface area contributed by atoms with Crippen LogP contribution < -0.4 is 4.74 Å². The van der Waals surface area contributed by atoms with Gasteiger partial charge in [-0.25, -0.2) is 0 Å². The van der Waals surface area contributed by atoms with Crippen LogP contribution in [0.3, 0.4) is 0 Å². The van der Waals surface area contributed by atoms with E-state index in [0.717, 1.165) is 15.5 Å². The van der Waals surface area contributed by atoms with Gasteiger partial charge in [-0.2, -0.15) is 5.26 Å². The summed E-state index contributed by atoms with van der Waals surface area (Å²) in [5, 5.41) is 9.58. The summed E-state index contributed by atoms with van der Waals surface area (Å²) in [7, 11) is 1.63. The molecular weight excluding hydrogens is 266 g/mol. The van der Waals surface area contributed by atoms with E-state index >= 15 is 0 Å². The Balaban J connectivity index is 2.34. The first-order valence-corrected chi connectivity index (χ1v) is 6.44. The SMILES string of the molecule is COc1cccc(Sc2cccc(Cl)c2C#N)c1. The van der Waals surface area contributed by atoms with Crippen molar-refractivity contribution in [2.75, 3.05) is 7.11 Å². The molecule has 0 aromatic heterocycles. The Morgan fingerprint density at radius 3 is 2.72 bits per heavy atom. The van der Waals surface area contributed by atoms with E-state index < -0.39 is 0 Å². The number of nitriles is 1. The number of methoxy groups -OCH3 is 1. The Labute approximate surface area is 115 Å². The summed E-state index contributed by atoms with van der Waals surface area (Å²) in [6.45, 7) is 0. The highest BCUT2D eigenvalue weighted by Crippen LogP contribution is 2.34. The smallest absolute Gasteiger partial charge is 0.119 e. The zero-order chi connectivity index (χ0) is 13.0. The summed E-state index contributed by atoms with van der Waals surface area (Å²) in [5.41, 5.74) is 0.506. The van der Waals surface area contributed by atoms with Gasteiger partial charge in [-0.3, -0.25) is 0 Å². The molecule has 0 bridgehead atoms. The van der Waals surface area contributed by atoms with Crippen molar-refractivity contribution in [2.45, 2.75) is 9.79 Å². The number of hydrogen-bond donors (Lipinski definition) is 0. The Morgan fingerprint density at radius 1 is 1.22 bits per heavy atom. The molecule has 0 N–H and O–H groups in total. The van der Waals surface area contributed by atoms with Crippen LogP contribution in [0.4, 0.5) is 0 Å². The molecule has 18 heavy (non-hydrogen) atoms. The van der Waals surface area contributed by atoms with Gasteiger partial charge in [-0.15, -0.1) is 0 Å². The highest BCUT2D eigenvalue weighted by Gasteiger charge is 2.08. The molecule has 4 heteroatoms. The number of halogens is 1. The molecule has 0 aliphatic rings. The lowest BCUT2D eigenvalue weighted by Crippen LogP contribution is -1.84. The van der Waals surface area contributed by atoms with E-state index in [9.17, 15) is 0 Å². The van der Waals surface area contributed by atoms with Crippen molar-refractivity contribution >= 4 is 23.4 Å². The normalized spacial score (nSPS) is 9.83. The second-order valence-corrected chi connectivity index (χ2v) is 5.03. The third-order valence-corrected chi connectivity index (χ3v) is 3.72. The topological polar surface area (TPSA) is 33.0 Å². The molecule has 0 unspecified atom stereocenters. The van der Waals surface area contributed by atoms with Crippen LogP contribution in [0.2, 0.25) is 5.02 Å². The van der Waals surface area contributed by atoms with Gasteiger partial charge in [0.25, 0.3) is 0 Å². The van der Waals surface area contributed by atoms with Crippen molar-refractivity contribution in [3.63, 3.8) is 0 Å². The molecule has 0 heterocycles. The van der Waals surface area contributed by atoms with Crippen LogP contribution in [0, 0.1) is 11.3 Å². The number of nitrogens with zero attached hydrogens (tertiary/aromatic N) is 1. The van der Waals surface area contributed by atoms with Gasteiger partial charge < -0.3 is 4.74 Å². The lowest BCUT2D eigenvalue weighted by atomic mass is 10.2. The zero-order valence-electron chi connectivity index (χ0n) is 9.68. The minimum atomic E-state index is 0.477. The van der Waals surface area contributed by atoms with Crippen molar-refractivity contribution in [2.24, 2.45) is 0 Å². The fourth-order valence-electron chi connectivity index (χ4n) is 1.49. The van der Waals surface area contributed by atoms with Crippen molar-refractivity contribution in [1.82, 2.24) is 0 Å². The first-order chi connectivity index (χ1) is 8.74. The lowest BCUT2D eigenvalue weighted by molar-refractivity contribution is 0.413. The van der Waals surface area contributed by atoms with Gasteiger partial charge >= 0.3 is 0 Å². The number of ether oxygens (including phenoxy) is 1. The molecule has 0 fully saturated rings. The van der Waals surface area contributed by atoms with Gasteiger partial charge in [-0.05, 0) is 30.3 Å². The first kappa shape index (κ1) is 12.8. The largest absolute Gasteiger partial charge is 0.497 e. The van der Waals surface area contributed by atoms with Gasteiger partial charge in [0.1, 0.15) is 11.8 Å². The Hall–Kier alpha value is -1.63. The minimum Gasteiger partial charge on any atom is -0.497 e. The highest BCUT2D eigenvalue weighted by atomic mass is 35.5. The minimum absolute atomic E-state index is 0.477. The Bertz CT molecular complexity index is 607. The van der Waals surface area contributed by atoms with E-state index in [1.54, 1.807) is 13.2 Å². The molecule has 0 saturated carbocycles. The fourth-order valence-corrected chi connectivity index (χ4v) is 2.74. The summed E-state index contributed by atoms with van der Waals surface area (Å²) in [4.78, 5) is 1.85. The van der Waals surface area contributed by atoms with Crippen LogP contribution >= 0.6 is 23.4 Å². The summed E-state index contributed by atoms with van der Waals surface area (Å²) in [5.74, 6) is 0.792. The summed E-state index contributed by atoms with van der Waals surface area (Å²) >= 11 is 7.49. The average Bonchev–Trinajstić information content (AvgIpc) is 2.39. The fraction of sp³-hybridized carbons (Fsp3) is 0.0714. The van der Waals surface area contributed by atoms with E-state index in [1.165, 1.54) is 11.8 Å². The Kier molecular flexibility index (Phi) is 4.14. The third kappa shape index (κ3) is 2.79. The van der Waals surface area contributed by atoms with E-state index in [0.29, 0.717) is 10.6 Å². The summed E-state index contributed by atoms with van der Waals surface area (Å²) in [6.07, 6.45) is 0. The molecule has 2 nitrogen and oxygen atoms in total. The second-order valence-electron chi connectivity index (χ2n) is 3.51. The van der Waals surface area contributed by atoms with E-state index in [2.05, 4.69) is 6.07 Å². The monoisotopic (exact) mass is 275 g/mol. The van der Waals surface area contributed by atoms with E-state index in [4.69, 9.17) is 21.6 Å². The quantitative estimate of drug-likeness (QED) is 0.834. The van der Waals surface area contributed by atoms with Gasteiger partial charge in [-0.1, -0.05) is 35.5 Å². The molecule has 90 valence electrons. The zero-order valence-corrected chi connectivity index (χ0v) is 11.3. The van der Waals surface area contributed by atoms with Crippen molar-refractivity contribution in [1.29, 1.82) is 5.26 Å². The van der Waals surface area contributed by atoms with Crippen LogP contribution in [0.25, 0.3) is 0 Å². The van der Waals surface area contributed by atoms with Crippen LogP contribution in [0.15, 0.2) is 52.3 Å². The summed E-state index contributed by atoms with van der Waals surface area (Å²) < 4.78 is 5.17. The average molecular weight is 276 g/mol. The van der Waals surface area contributed by atoms with Crippen molar-refractivity contribution in [3.8, 4) is 11.8 Å². The molecule has 2 aromatic rings. The number of hydrogen-bond acceptors (Lipinski definition) is 3. The molecule has 0 aliphatic carbocycles. The predicted molar refractivity (Wildman–Crippen MR) is 73.3 cm³/mol. The summed E-state index contributed by atoms with van der Waals surface area (Å²) in [6, 6.07) is 15.3. The van der Waals surface area contributed by atoms with Gasteiger partial charge in [0.05, 0.1) is 17.7 Å². The number of benzene rings is 2. The molecule has 0 spiro atoms. The maximum absolute atomic E-state index is 9.11. The van der Waals surface area contributed by atoms with Crippen LogP contribution in [0.5, 0.6) is 5.75 Å². The molecule has 2 aromatic carbocycles. The molecule has 0 amide bonds. The van der Waals surface area contributed by atoms with E-state index in [-0.39, 0.29) is 0 Å².